The summed E-state index contributed by atoms with van der Waals surface area (Å²) in [7, 11) is 0. The number of hydrogen-bond acceptors (Lipinski definition) is 8. The minimum absolute atomic E-state index is 0. The molecule has 0 N–H and O–H groups in total. The predicted octanol–water partition coefficient (Wildman–Crippen LogP) is -1.89. The standard InChI is InChI=1S/2C7H10O4.Ca/c2*1-5(2)11-7(10)4-3-6(8)9;/h2*3-5H,1-2H3,(H,8,9);/q;;+2/p-2/b2*4-3+;. The summed E-state index contributed by atoms with van der Waals surface area (Å²) in [5.74, 6) is -4.18. The van der Waals surface area contributed by atoms with Gasteiger partial charge in [-0.15, -0.1) is 0 Å². The fourth-order valence-corrected chi connectivity index (χ4v) is 0.815. The molecule has 0 saturated heterocycles. The molecule has 0 atom stereocenters. The second kappa shape index (κ2) is 15.5. The van der Waals surface area contributed by atoms with Crippen molar-refractivity contribution in [3.8, 4) is 0 Å². The predicted molar refractivity (Wildman–Crippen MR) is 76.5 cm³/mol. The van der Waals surface area contributed by atoms with Crippen LogP contribution in [0.15, 0.2) is 24.3 Å². The van der Waals surface area contributed by atoms with Crippen LogP contribution in [0.4, 0.5) is 0 Å². The summed E-state index contributed by atoms with van der Waals surface area (Å²) in [6, 6.07) is 0. The SMILES string of the molecule is CC(C)OC(=O)/C=C/C(=O)[O-].CC(C)OC(=O)/C=C/C(=O)[O-].[Ca+2]. The molecule has 0 amide bonds. The summed E-state index contributed by atoms with van der Waals surface area (Å²) in [5, 5.41) is 19.6. The molecule has 9 heteroatoms. The molecule has 0 rings (SSSR count). The smallest absolute Gasteiger partial charge is 0.545 e. The van der Waals surface area contributed by atoms with Crippen LogP contribution in [0.5, 0.6) is 0 Å². The Labute approximate surface area is 164 Å². The van der Waals surface area contributed by atoms with E-state index in [-0.39, 0.29) is 49.9 Å². The van der Waals surface area contributed by atoms with Gasteiger partial charge in [-0.05, 0) is 39.8 Å². The van der Waals surface area contributed by atoms with Crippen molar-refractivity contribution in [1.29, 1.82) is 0 Å². The molecule has 0 fully saturated rings. The third-order valence-corrected chi connectivity index (χ3v) is 1.41. The van der Waals surface area contributed by atoms with Gasteiger partial charge >= 0.3 is 49.7 Å². The molecule has 0 aromatic rings. The normalized spacial score (nSPS) is 10.0. The van der Waals surface area contributed by atoms with Crippen LogP contribution in [-0.4, -0.2) is 73.8 Å². The zero-order chi connectivity index (χ0) is 17.7. The van der Waals surface area contributed by atoms with E-state index in [4.69, 9.17) is 0 Å². The molecule has 0 bridgehead atoms. The van der Waals surface area contributed by atoms with Gasteiger partial charge in [-0.1, -0.05) is 0 Å². The zero-order valence-corrected chi connectivity index (χ0v) is 15.6. The van der Waals surface area contributed by atoms with Crippen molar-refractivity contribution in [2.75, 3.05) is 0 Å². The number of aliphatic carboxylic acids is 2. The van der Waals surface area contributed by atoms with E-state index in [1.165, 1.54) is 0 Å². The van der Waals surface area contributed by atoms with Crippen molar-refractivity contribution in [2.24, 2.45) is 0 Å². The van der Waals surface area contributed by atoms with Crippen molar-refractivity contribution in [3.05, 3.63) is 24.3 Å². The average Bonchev–Trinajstić information content (AvgIpc) is 2.33. The number of carbonyl (C=O) groups excluding carboxylic acids is 4. The Balaban J connectivity index is -0.000000333. The van der Waals surface area contributed by atoms with E-state index in [0.717, 1.165) is 12.2 Å². The van der Waals surface area contributed by atoms with Crippen LogP contribution in [0.1, 0.15) is 27.7 Å². The summed E-state index contributed by atoms with van der Waals surface area (Å²) < 4.78 is 9.17. The van der Waals surface area contributed by atoms with Crippen molar-refractivity contribution >= 4 is 61.6 Å². The largest absolute Gasteiger partial charge is 2.00 e. The first-order valence-corrected chi connectivity index (χ1v) is 6.24. The molecule has 0 spiro atoms. The number of esters is 2. The molecule has 0 saturated carbocycles. The van der Waals surface area contributed by atoms with Gasteiger partial charge in [0, 0.05) is 12.2 Å². The maximum absolute atomic E-state index is 10.6. The molecule has 8 nitrogen and oxygen atoms in total. The Hall–Kier alpha value is -1.38. The second-order valence-electron chi connectivity index (χ2n) is 4.28. The van der Waals surface area contributed by atoms with Crippen LogP contribution < -0.4 is 10.2 Å². The van der Waals surface area contributed by atoms with E-state index >= 15 is 0 Å². The van der Waals surface area contributed by atoms with Gasteiger partial charge < -0.3 is 29.3 Å². The Bertz CT molecular complexity index is 410. The van der Waals surface area contributed by atoms with Crippen LogP contribution in [0.2, 0.25) is 0 Å². The van der Waals surface area contributed by atoms with Crippen molar-refractivity contribution in [1.82, 2.24) is 0 Å². The number of rotatable bonds is 6. The minimum Gasteiger partial charge on any atom is -0.545 e. The van der Waals surface area contributed by atoms with Crippen LogP contribution in [-0.2, 0) is 28.7 Å². The Kier molecular flexibility index (Phi) is 17.9. The first kappa shape index (κ1) is 26.5. The monoisotopic (exact) mass is 354 g/mol. The van der Waals surface area contributed by atoms with Gasteiger partial charge in [0.15, 0.2) is 0 Å². The van der Waals surface area contributed by atoms with Crippen molar-refractivity contribution in [3.63, 3.8) is 0 Å². The molecule has 124 valence electrons. The molecule has 0 aromatic heterocycles. The van der Waals surface area contributed by atoms with E-state index in [0.29, 0.717) is 12.2 Å². The van der Waals surface area contributed by atoms with Gasteiger partial charge in [-0.2, -0.15) is 0 Å². The van der Waals surface area contributed by atoms with E-state index in [2.05, 4.69) is 9.47 Å². The Morgan fingerprint density at radius 1 is 0.696 bits per heavy atom. The number of ether oxygens (including phenoxy) is 2. The third kappa shape index (κ3) is 25.9. The van der Waals surface area contributed by atoms with Gasteiger partial charge in [0.2, 0.25) is 0 Å². The van der Waals surface area contributed by atoms with Gasteiger partial charge in [-0.3, -0.25) is 0 Å². The molecule has 0 aliphatic heterocycles. The Morgan fingerprint density at radius 3 is 1.13 bits per heavy atom. The molecular weight excluding hydrogens is 336 g/mol. The first-order chi connectivity index (χ1) is 10.0. The van der Waals surface area contributed by atoms with Crippen LogP contribution >= 0.6 is 0 Å². The molecule has 0 aliphatic carbocycles. The second-order valence-corrected chi connectivity index (χ2v) is 4.28. The minimum atomic E-state index is -1.41. The molecule has 0 aromatic carbocycles. The molecule has 0 unspecified atom stereocenters. The molecule has 0 radical (unpaired) electrons. The van der Waals surface area contributed by atoms with Crippen molar-refractivity contribution < 1.29 is 38.9 Å². The quantitative estimate of drug-likeness (QED) is 0.307. The fraction of sp³-hybridized carbons (Fsp3) is 0.429. The number of carboxylic acid groups (broad SMARTS) is 2. The van der Waals surface area contributed by atoms with Crippen LogP contribution in [0.3, 0.4) is 0 Å². The van der Waals surface area contributed by atoms with Gasteiger partial charge in [0.25, 0.3) is 0 Å². The Morgan fingerprint density at radius 2 is 0.957 bits per heavy atom. The zero-order valence-electron chi connectivity index (χ0n) is 13.4. The summed E-state index contributed by atoms with van der Waals surface area (Å²) in [5.41, 5.74) is 0. The molecular formula is C14H18CaO8. The summed E-state index contributed by atoms with van der Waals surface area (Å²) in [6.07, 6.45) is 2.41. The number of carbonyl (C=O) groups is 4. The maximum Gasteiger partial charge on any atom is 2.00 e. The maximum atomic E-state index is 10.6. The average molecular weight is 354 g/mol. The van der Waals surface area contributed by atoms with Gasteiger partial charge in [0.05, 0.1) is 24.1 Å². The van der Waals surface area contributed by atoms with Crippen LogP contribution in [0.25, 0.3) is 0 Å². The number of carboxylic acids is 2. The topological polar surface area (TPSA) is 133 Å². The van der Waals surface area contributed by atoms with E-state index in [9.17, 15) is 29.4 Å². The number of hydrogen-bond donors (Lipinski definition) is 0. The van der Waals surface area contributed by atoms with E-state index in [1.54, 1.807) is 27.7 Å². The summed E-state index contributed by atoms with van der Waals surface area (Å²) in [6.45, 7) is 6.69. The summed E-state index contributed by atoms with van der Waals surface area (Å²) in [4.78, 5) is 40.7. The van der Waals surface area contributed by atoms with Crippen molar-refractivity contribution in [2.45, 2.75) is 39.9 Å². The van der Waals surface area contributed by atoms with Crippen LogP contribution in [0, 0.1) is 0 Å². The van der Waals surface area contributed by atoms with E-state index < -0.39 is 23.9 Å². The molecule has 23 heavy (non-hydrogen) atoms. The van der Waals surface area contributed by atoms with Gasteiger partial charge in [-0.25, -0.2) is 9.59 Å². The molecule has 0 heterocycles. The van der Waals surface area contributed by atoms with E-state index in [1.807, 2.05) is 0 Å². The summed E-state index contributed by atoms with van der Waals surface area (Å²) >= 11 is 0. The van der Waals surface area contributed by atoms with Gasteiger partial charge in [0.1, 0.15) is 0 Å². The molecule has 0 aliphatic rings. The fourth-order valence-electron chi connectivity index (χ4n) is 0.815. The third-order valence-electron chi connectivity index (χ3n) is 1.41. The first-order valence-electron chi connectivity index (χ1n) is 6.24.